The summed E-state index contributed by atoms with van der Waals surface area (Å²) >= 11 is 12.4. The maximum Gasteiger partial charge on any atom is 0.430 e. The lowest BCUT2D eigenvalue weighted by atomic mass is 9.81. The summed E-state index contributed by atoms with van der Waals surface area (Å²) in [6.07, 6.45) is -11.2. The molecule has 46 heavy (non-hydrogen) atoms. The molecule has 2 heterocycles. The summed E-state index contributed by atoms with van der Waals surface area (Å²) in [6, 6.07) is 5.82. The lowest BCUT2D eigenvalue weighted by molar-refractivity contribution is -0.187. The molecule has 0 aromatic heterocycles. The van der Waals surface area contributed by atoms with Gasteiger partial charge in [-0.25, -0.2) is 9.59 Å². The van der Waals surface area contributed by atoms with Gasteiger partial charge in [-0.2, -0.15) is 26.3 Å². The first-order valence-corrected chi connectivity index (χ1v) is 14.7. The molecule has 0 spiro atoms. The SMILES string of the molecule is CCC(C)(C)c1cc2c(cc1Cl)C=C(C(=O)O)C(C(F)(F)F)O2.CCC(C)(C)c1cc2c(cc1Cl)C=C(C(=O)O)C(C(F)(F)F)O2. The van der Waals surface area contributed by atoms with E-state index in [2.05, 4.69) is 0 Å². The summed E-state index contributed by atoms with van der Waals surface area (Å²) in [5.41, 5.74) is -0.638. The zero-order valence-corrected chi connectivity index (χ0v) is 27.1. The first kappa shape index (κ1) is 37.1. The number of rotatable bonds is 6. The minimum absolute atomic E-state index is 0.0155. The molecule has 14 heteroatoms. The van der Waals surface area contributed by atoms with Gasteiger partial charge in [0.2, 0.25) is 12.2 Å². The van der Waals surface area contributed by atoms with Crippen LogP contribution in [0.25, 0.3) is 12.2 Å². The van der Waals surface area contributed by atoms with Crippen molar-refractivity contribution in [2.45, 2.75) is 89.8 Å². The maximum absolute atomic E-state index is 13.1. The number of hydrogen-bond donors (Lipinski definition) is 2. The van der Waals surface area contributed by atoms with E-state index in [9.17, 15) is 35.9 Å². The Kier molecular flexibility index (Phi) is 10.5. The number of fused-ring (bicyclic) bond motifs is 2. The molecule has 2 aromatic carbocycles. The molecule has 0 fully saturated rings. The Hall–Kier alpha value is -3.38. The van der Waals surface area contributed by atoms with Crippen LogP contribution in [0.2, 0.25) is 10.0 Å². The van der Waals surface area contributed by atoms with E-state index in [4.69, 9.17) is 42.9 Å². The van der Waals surface area contributed by atoms with Crippen molar-refractivity contribution in [1.82, 2.24) is 0 Å². The van der Waals surface area contributed by atoms with Gasteiger partial charge < -0.3 is 19.7 Å². The smallest absolute Gasteiger partial charge is 0.430 e. The van der Waals surface area contributed by atoms with Crippen LogP contribution in [0.5, 0.6) is 11.5 Å². The molecule has 0 radical (unpaired) electrons. The Morgan fingerprint density at radius 3 is 1.22 bits per heavy atom. The number of carboxylic acid groups (broad SMARTS) is 2. The summed E-state index contributed by atoms with van der Waals surface area (Å²) in [6.45, 7) is 11.6. The van der Waals surface area contributed by atoms with Crippen LogP contribution in [0, 0.1) is 0 Å². The molecule has 6 nitrogen and oxygen atoms in total. The quantitative estimate of drug-likeness (QED) is 0.292. The molecular formula is C32H32Cl2F6O6. The second-order valence-electron chi connectivity index (χ2n) is 12.1. The van der Waals surface area contributed by atoms with Crippen molar-refractivity contribution in [3.05, 3.63) is 67.7 Å². The van der Waals surface area contributed by atoms with Gasteiger partial charge >= 0.3 is 24.3 Å². The largest absolute Gasteiger partial charge is 0.478 e. The lowest BCUT2D eigenvalue weighted by Crippen LogP contribution is -2.40. The van der Waals surface area contributed by atoms with Crippen LogP contribution in [0.4, 0.5) is 26.3 Å². The van der Waals surface area contributed by atoms with Crippen molar-refractivity contribution >= 4 is 47.3 Å². The Bertz CT molecular complexity index is 1470. The monoisotopic (exact) mass is 696 g/mol. The number of aliphatic carboxylic acids is 2. The molecule has 2 N–H and O–H groups in total. The molecule has 2 aliphatic heterocycles. The van der Waals surface area contributed by atoms with Crippen LogP contribution < -0.4 is 9.47 Å². The van der Waals surface area contributed by atoms with Crippen molar-refractivity contribution in [3.63, 3.8) is 0 Å². The predicted molar refractivity (Wildman–Crippen MR) is 162 cm³/mol. The number of carbonyl (C=O) groups is 2. The summed E-state index contributed by atoms with van der Waals surface area (Å²) in [7, 11) is 0. The number of alkyl halides is 6. The number of ether oxygens (including phenoxy) is 2. The molecule has 0 aliphatic carbocycles. The molecule has 2 atom stereocenters. The molecule has 0 saturated heterocycles. The zero-order chi connectivity index (χ0) is 35.2. The molecule has 0 bridgehead atoms. The van der Waals surface area contributed by atoms with Crippen LogP contribution in [0.1, 0.15) is 76.6 Å². The second-order valence-corrected chi connectivity index (χ2v) is 12.9. The number of benzene rings is 2. The van der Waals surface area contributed by atoms with E-state index in [1.54, 1.807) is 0 Å². The van der Waals surface area contributed by atoms with Crippen molar-refractivity contribution < 1.29 is 55.6 Å². The first-order chi connectivity index (χ1) is 20.9. The lowest BCUT2D eigenvalue weighted by Gasteiger charge is -2.30. The molecule has 252 valence electrons. The van der Waals surface area contributed by atoms with E-state index in [1.165, 1.54) is 24.3 Å². The topological polar surface area (TPSA) is 93.1 Å². The minimum Gasteiger partial charge on any atom is -0.478 e. The highest BCUT2D eigenvalue weighted by Gasteiger charge is 2.49. The zero-order valence-electron chi connectivity index (χ0n) is 25.6. The summed E-state index contributed by atoms with van der Waals surface area (Å²) in [5.74, 6) is -3.38. The van der Waals surface area contributed by atoms with E-state index >= 15 is 0 Å². The first-order valence-electron chi connectivity index (χ1n) is 14.0. The Morgan fingerprint density at radius 1 is 0.674 bits per heavy atom. The van der Waals surface area contributed by atoms with Gasteiger partial charge in [-0.1, -0.05) is 64.7 Å². The molecule has 2 unspecified atom stereocenters. The Labute approximate surface area is 271 Å². The maximum atomic E-state index is 13.1. The van der Waals surface area contributed by atoms with Crippen LogP contribution in [-0.2, 0) is 20.4 Å². The van der Waals surface area contributed by atoms with Gasteiger partial charge in [0.15, 0.2) is 0 Å². The highest BCUT2D eigenvalue weighted by Crippen LogP contribution is 2.44. The van der Waals surface area contributed by atoms with Crippen molar-refractivity contribution in [1.29, 1.82) is 0 Å². The normalized spacial score (nSPS) is 18.0. The van der Waals surface area contributed by atoms with Crippen molar-refractivity contribution in [2.75, 3.05) is 0 Å². The highest BCUT2D eigenvalue weighted by molar-refractivity contribution is 6.32. The molecule has 4 rings (SSSR count). The second kappa shape index (κ2) is 13.0. The van der Waals surface area contributed by atoms with E-state index in [0.717, 1.165) is 25.0 Å². The van der Waals surface area contributed by atoms with E-state index in [1.807, 2.05) is 41.5 Å². The van der Waals surface area contributed by atoms with Crippen LogP contribution in [0.15, 0.2) is 35.4 Å². The fourth-order valence-corrected chi connectivity index (χ4v) is 5.54. The van der Waals surface area contributed by atoms with Gasteiger partial charge in [-0.3, -0.25) is 0 Å². The number of hydrogen-bond acceptors (Lipinski definition) is 4. The minimum atomic E-state index is -4.82. The number of carboxylic acids is 2. The molecule has 0 saturated carbocycles. The fraction of sp³-hybridized carbons (Fsp3) is 0.438. The third-order valence-corrected chi connectivity index (χ3v) is 8.82. The standard InChI is InChI=1S/2C16H16ClF3O3/c2*1-4-15(2,3)10-7-12-8(6-11(10)17)5-9(14(21)22)13(23-12)16(18,19)20/h2*5-7,13H,4H2,1-3H3,(H,21,22). The Morgan fingerprint density at radius 2 is 0.978 bits per heavy atom. The predicted octanol–water partition coefficient (Wildman–Crippen LogP) is 9.64. The van der Waals surface area contributed by atoms with Crippen molar-refractivity contribution in [3.8, 4) is 11.5 Å². The molecule has 2 aliphatic rings. The molecule has 2 aromatic rings. The van der Waals surface area contributed by atoms with Gasteiger partial charge in [0.1, 0.15) is 11.5 Å². The average molecular weight is 697 g/mol. The molecule has 0 amide bonds. The van der Waals surface area contributed by atoms with E-state index in [0.29, 0.717) is 21.2 Å². The van der Waals surface area contributed by atoms with Gasteiger partial charge in [-0.05, 0) is 71.2 Å². The summed E-state index contributed by atoms with van der Waals surface area (Å²) in [5, 5.41) is 18.7. The summed E-state index contributed by atoms with van der Waals surface area (Å²) < 4.78 is 88.4. The van der Waals surface area contributed by atoms with Gasteiger partial charge in [0, 0.05) is 21.2 Å². The third kappa shape index (κ3) is 7.76. The summed E-state index contributed by atoms with van der Waals surface area (Å²) in [4.78, 5) is 22.2. The van der Waals surface area contributed by atoms with Crippen molar-refractivity contribution in [2.24, 2.45) is 0 Å². The molecular weight excluding hydrogens is 665 g/mol. The van der Waals surface area contributed by atoms with Gasteiger partial charge in [0.25, 0.3) is 0 Å². The average Bonchev–Trinajstić information content (AvgIpc) is 2.94. The third-order valence-electron chi connectivity index (χ3n) is 8.19. The fourth-order valence-electron chi connectivity index (χ4n) is 4.69. The van der Waals surface area contributed by atoms with Gasteiger partial charge in [-0.15, -0.1) is 0 Å². The van der Waals surface area contributed by atoms with Crippen LogP contribution in [-0.4, -0.2) is 46.7 Å². The van der Waals surface area contributed by atoms with Crippen LogP contribution in [0.3, 0.4) is 0 Å². The Balaban J connectivity index is 0.000000250. The van der Waals surface area contributed by atoms with Crippen LogP contribution >= 0.6 is 23.2 Å². The highest BCUT2D eigenvalue weighted by atomic mass is 35.5. The van der Waals surface area contributed by atoms with E-state index in [-0.39, 0.29) is 33.5 Å². The van der Waals surface area contributed by atoms with Gasteiger partial charge in [0.05, 0.1) is 11.1 Å². The van der Waals surface area contributed by atoms with E-state index < -0.39 is 47.6 Å². The number of halogens is 8.